The van der Waals surface area contributed by atoms with E-state index < -0.39 is 0 Å². The van der Waals surface area contributed by atoms with Gasteiger partial charge in [0, 0.05) is 24.3 Å². The molecule has 1 aliphatic heterocycles. The third-order valence-corrected chi connectivity index (χ3v) is 3.84. The number of nitrogens with zero attached hydrogens (tertiary/aromatic N) is 1. The minimum atomic E-state index is -0.301. The number of nitrogens with two attached hydrogens (primary N) is 1. The fourth-order valence-electron chi connectivity index (χ4n) is 2.20. The molecular weight excluding hydrogens is 250 g/mol. The van der Waals surface area contributed by atoms with E-state index >= 15 is 0 Å². The zero-order valence-corrected chi connectivity index (χ0v) is 11.1. The van der Waals surface area contributed by atoms with E-state index in [0.717, 1.165) is 18.7 Å². The van der Waals surface area contributed by atoms with Crippen molar-refractivity contribution in [2.75, 3.05) is 18.0 Å². The Bertz CT molecular complexity index is 464. The number of rotatable bonds is 2. The number of benzene rings is 1. The number of piperidine rings is 1. The third kappa shape index (κ3) is 2.60. The number of anilines is 1. The van der Waals surface area contributed by atoms with Gasteiger partial charge in [-0.15, -0.1) is 0 Å². The van der Waals surface area contributed by atoms with E-state index in [9.17, 15) is 5.11 Å². The highest BCUT2D eigenvalue weighted by Crippen LogP contribution is 2.27. The second-order valence-corrected chi connectivity index (χ2v) is 5.26. The van der Waals surface area contributed by atoms with Crippen LogP contribution in [0, 0.1) is 11.3 Å². The van der Waals surface area contributed by atoms with Crippen LogP contribution in [0.15, 0.2) is 18.2 Å². The fourth-order valence-corrected chi connectivity index (χ4v) is 2.48. The van der Waals surface area contributed by atoms with Crippen LogP contribution in [0.25, 0.3) is 0 Å². The lowest BCUT2D eigenvalue weighted by molar-refractivity contribution is 0.103. The second-order valence-electron chi connectivity index (χ2n) is 4.86. The van der Waals surface area contributed by atoms with Gasteiger partial charge in [-0.05, 0) is 30.5 Å². The van der Waals surface area contributed by atoms with Gasteiger partial charge in [-0.3, -0.25) is 5.41 Å². The highest BCUT2D eigenvalue weighted by atomic mass is 35.5. The Kier molecular flexibility index (Phi) is 3.78. The SMILES string of the molecule is CC1CCN(c2ccc(C(=N)N)c(Cl)c2)CC1O. The molecule has 1 heterocycles. The van der Waals surface area contributed by atoms with Crippen molar-refractivity contribution in [3.8, 4) is 0 Å². The van der Waals surface area contributed by atoms with Crippen molar-refractivity contribution >= 4 is 23.1 Å². The largest absolute Gasteiger partial charge is 0.391 e. The molecule has 1 aliphatic rings. The first-order valence-corrected chi connectivity index (χ1v) is 6.44. The molecule has 0 aromatic heterocycles. The third-order valence-electron chi connectivity index (χ3n) is 3.53. The van der Waals surface area contributed by atoms with Gasteiger partial charge in [0.25, 0.3) is 0 Å². The number of aliphatic hydroxyl groups is 1. The van der Waals surface area contributed by atoms with E-state index in [4.69, 9.17) is 22.7 Å². The first-order valence-electron chi connectivity index (χ1n) is 6.06. The lowest BCUT2D eigenvalue weighted by Gasteiger charge is -2.36. The molecule has 0 amide bonds. The summed E-state index contributed by atoms with van der Waals surface area (Å²) >= 11 is 6.10. The summed E-state index contributed by atoms with van der Waals surface area (Å²) in [5.74, 6) is 0.312. The lowest BCUT2D eigenvalue weighted by Crippen LogP contribution is -2.42. The average molecular weight is 268 g/mol. The van der Waals surface area contributed by atoms with Crippen LogP contribution >= 0.6 is 11.6 Å². The summed E-state index contributed by atoms with van der Waals surface area (Å²) in [5, 5.41) is 17.8. The number of hydrogen-bond acceptors (Lipinski definition) is 3. The maximum atomic E-state index is 9.89. The highest BCUT2D eigenvalue weighted by molar-refractivity contribution is 6.34. The molecule has 0 radical (unpaired) electrons. The molecule has 4 N–H and O–H groups in total. The number of nitrogen functional groups attached to an aromatic ring is 1. The van der Waals surface area contributed by atoms with Crippen LogP contribution in [0.3, 0.4) is 0 Å². The Morgan fingerprint density at radius 2 is 2.28 bits per heavy atom. The minimum absolute atomic E-state index is 0.0288. The molecule has 98 valence electrons. The van der Waals surface area contributed by atoms with Gasteiger partial charge in [0.15, 0.2) is 0 Å². The van der Waals surface area contributed by atoms with Gasteiger partial charge in [-0.25, -0.2) is 0 Å². The second kappa shape index (κ2) is 5.16. The van der Waals surface area contributed by atoms with E-state index in [1.54, 1.807) is 12.1 Å². The zero-order chi connectivity index (χ0) is 13.3. The van der Waals surface area contributed by atoms with Gasteiger partial charge < -0.3 is 15.7 Å². The van der Waals surface area contributed by atoms with Crippen LogP contribution in [0.5, 0.6) is 0 Å². The monoisotopic (exact) mass is 267 g/mol. The molecule has 2 unspecified atom stereocenters. The summed E-state index contributed by atoms with van der Waals surface area (Å²) in [7, 11) is 0. The Morgan fingerprint density at radius 3 is 2.83 bits per heavy atom. The van der Waals surface area contributed by atoms with Crippen molar-refractivity contribution in [3.63, 3.8) is 0 Å². The van der Waals surface area contributed by atoms with Crippen LogP contribution in [0.2, 0.25) is 5.02 Å². The van der Waals surface area contributed by atoms with Crippen molar-refractivity contribution < 1.29 is 5.11 Å². The highest BCUT2D eigenvalue weighted by Gasteiger charge is 2.24. The Balaban J connectivity index is 2.19. The average Bonchev–Trinajstić information content (AvgIpc) is 2.32. The molecule has 0 saturated carbocycles. The Morgan fingerprint density at radius 1 is 1.56 bits per heavy atom. The van der Waals surface area contributed by atoms with Crippen molar-refractivity contribution in [1.82, 2.24) is 0 Å². The van der Waals surface area contributed by atoms with Crippen LogP contribution in [-0.2, 0) is 0 Å². The van der Waals surface area contributed by atoms with Gasteiger partial charge in [0.05, 0.1) is 11.1 Å². The smallest absolute Gasteiger partial charge is 0.124 e. The van der Waals surface area contributed by atoms with Crippen LogP contribution in [0.4, 0.5) is 5.69 Å². The van der Waals surface area contributed by atoms with Crippen molar-refractivity contribution in [2.24, 2.45) is 11.7 Å². The summed E-state index contributed by atoms with van der Waals surface area (Å²) in [4.78, 5) is 2.11. The van der Waals surface area contributed by atoms with Crippen LogP contribution in [-0.4, -0.2) is 30.1 Å². The predicted octanol–water partition coefficient (Wildman–Crippen LogP) is 1.83. The van der Waals surface area contributed by atoms with Crippen molar-refractivity contribution in [1.29, 1.82) is 5.41 Å². The van der Waals surface area contributed by atoms with Crippen molar-refractivity contribution in [3.05, 3.63) is 28.8 Å². The molecule has 4 nitrogen and oxygen atoms in total. The molecule has 0 aliphatic carbocycles. The quantitative estimate of drug-likeness (QED) is 0.565. The molecule has 0 bridgehead atoms. The molecule has 1 aromatic carbocycles. The summed E-state index contributed by atoms with van der Waals surface area (Å²) < 4.78 is 0. The lowest BCUT2D eigenvalue weighted by atomic mass is 9.95. The normalized spacial score (nSPS) is 24.1. The number of amidine groups is 1. The minimum Gasteiger partial charge on any atom is -0.391 e. The van der Waals surface area contributed by atoms with Gasteiger partial charge in [0.2, 0.25) is 0 Å². The van der Waals surface area contributed by atoms with Crippen LogP contribution in [0.1, 0.15) is 18.9 Å². The molecule has 1 fully saturated rings. The van der Waals surface area contributed by atoms with Crippen molar-refractivity contribution in [2.45, 2.75) is 19.4 Å². The zero-order valence-electron chi connectivity index (χ0n) is 10.4. The number of hydrogen-bond donors (Lipinski definition) is 3. The van der Waals surface area contributed by atoms with E-state index in [1.165, 1.54) is 0 Å². The summed E-state index contributed by atoms with van der Waals surface area (Å²) in [5.41, 5.74) is 6.94. The van der Waals surface area contributed by atoms with Gasteiger partial charge in [-0.1, -0.05) is 18.5 Å². The molecule has 5 heteroatoms. The summed E-state index contributed by atoms with van der Waals surface area (Å²) in [6.45, 7) is 3.60. The van der Waals surface area contributed by atoms with E-state index in [0.29, 0.717) is 23.0 Å². The first kappa shape index (κ1) is 13.2. The Hall–Kier alpha value is -1.26. The van der Waals surface area contributed by atoms with Crippen LogP contribution < -0.4 is 10.6 Å². The van der Waals surface area contributed by atoms with E-state index in [-0.39, 0.29) is 11.9 Å². The van der Waals surface area contributed by atoms with E-state index in [2.05, 4.69) is 11.8 Å². The molecule has 2 atom stereocenters. The van der Waals surface area contributed by atoms with Gasteiger partial charge in [-0.2, -0.15) is 0 Å². The standard InChI is InChI=1S/C13H18ClN3O/c1-8-4-5-17(7-12(8)18)9-2-3-10(13(15)16)11(14)6-9/h2-3,6,8,12,18H,4-5,7H2,1H3,(H3,15,16). The van der Waals surface area contributed by atoms with Gasteiger partial charge >= 0.3 is 0 Å². The number of halogens is 1. The fraction of sp³-hybridized carbons (Fsp3) is 0.462. The number of aliphatic hydroxyl groups excluding tert-OH is 1. The number of nitrogens with one attached hydrogen (secondary N) is 1. The molecule has 2 rings (SSSR count). The Labute approximate surface area is 112 Å². The van der Waals surface area contributed by atoms with E-state index in [1.807, 2.05) is 6.07 Å². The summed E-state index contributed by atoms with van der Waals surface area (Å²) in [6.07, 6.45) is 0.665. The molecular formula is C13H18ClN3O. The maximum Gasteiger partial charge on any atom is 0.124 e. The molecule has 18 heavy (non-hydrogen) atoms. The molecule has 1 aromatic rings. The maximum absolute atomic E-state index is 9.89. The first-order chi connectivity index (χ1) is 8.49. The predicted molar refractivity (Wildman–Crippen MR) is 74.5 cm³/mol. The topological polar surface area (TPSA) is 73.3 Å². The summed E-state index contributed by atoms with van der Waals surface area (Å²) in [6, 6.07) is 5.46. The molecule has 1 saturated heterocycles. The molecule has 0 spiro atoms. The van der Waals surface area contributed by atoms with Gasteiger partial charge in [0.1, 0.15) is 5.84 Å². The number of β-amino-alcohol motifs (C(OH)–C–C–N with tert-alkyl or cyclic N) is 1.